The molecular weight excluding hydrogens is 297 g/mol. The van der Waals surface area contributed by atoms with Crippen LogP contribution in [-0.2, 0) is 4.74 Å². The van der Waals surface area contributed by atoms with Crippen LogP contribution in [-0.4, -0.2) is 18.2 Å². The SMILES string of the molecule is CC(C)(C)OC(=O)NCCC#Cc1ccc(Cl)c(Cl)c1. The molecule has 20 heavy (non-hydrogen) atoms. The van der Waals surface area contributed by atoms with Crippen molar-refractivity contribution in [1.29, 1.82) is 0 Å². The fourth-order valence-corrected chi connectivity index (χ4v) is 1.58. The van der Waals surface area contributed by atoms with Crippen molar-refractivity contribution < 1.29 is 9.53 Å². The second-order valence-corrected chi connectivity index (χ2v) is 5.92. The number of carbonyl (C=O) groups excluding carboxylic acids is 1. The first kappa shape index (κ1) is 16.7. The Morgan fingerprint density at radius 1 is 1.30 bits per heavy atom. The molecule has 0 unspecified atom stereocenters. The second-order valence-electron chi connectivity index (χ2n) is 5.11. The topological polar surface area (TPSA) is 38.3 Å². The quantitative estimate of drug-likeness (QED) is 0.654. The molecule has 3 nitrogen and oxygen atoms in total. The summed E-state index contributed by atoms with van der Waals surface area (Å²) in [6.07, 6.45) is 0.0910. The highest BCUT2D eigenvalue weighted by molar-refractivity contribution is 6.42. The lowest BCUT2D eigenvalue weighted by molar-refractivity contribution is 0.0529. The van der Waals surface area contributed by atoms with E-state index >= 15 is 0 Å². The van der Waals surface area contributed by atoms with Crippen LogP contribution < -0.4 is 5.32 Å². The van der Waals surface area contributed by atoms with Gasteiger partial charge < -0.3 is 10.1 Å². The van der Waals surface area contributed by atoms with Crippen molar-refractivity contribution in [2.24, 2.45) is 0 Å². The molecule has 1 aromatic rings. The maximum absolute atomic E-state index is 11.4. The third-order valence-electron chi connectivity index (χ3n) is 2.07. The molecule has 1 N–H and O–H groups in total. The standard InChI is InChI=1S/C15H17Cl2NO2/c1-15(2,3)20-14(19)18-9-5-4-6-11-7-8-12(16)13(17)10-11/h7-8,10H,5,9H2,1-3H3,(H,18,19). The van der Waals surface area contributed by atoms with Gasteiger partial charge in [-0.1, -0.05) is 35.0 Å². The van der Waals surface area contributed by atoms with E-state index < -0.39 is 11.7 Å². The molecule has 1 amide bonds. The molecule has 0 fully saturated rings. The first-order valence-corrected chi connectivity index (χ1v) is 6.94. The number of hydrogen-bond acceptors (Lipinski definition) is 2. The molecule has 0 aliphatic carbocycles. The van der Waals surface area contributed by atoms with Gasteiger partial charge in [-0.3, -0.25) is 0 Å². The fourth-order valence-electron chi connectivity index (χ4n) is 1.28. The maximum Gasteiger partial charge on any atom is 0.407 e. The predicted molar refractivity (Wildman–Crippen MR) is 82.2 cm³/mol. The van der Waals surface area contributed by atoms with E-state index in [1.807, 2.05) is 20.8 Å². The van der Waals surface area contributed by atoms with E-state index in [2.05, 4.69) is 17.2 Å². The average molecular weight is 314 g/mol. The van der Waals surface area contributed by atoms with Crippen LogP contribution in [0.15, 0.2) is 18.2 Å². The van der Waals surface area contributed by atoms with E-state index in [-0.39, 0.29) is 0 Å². The van der Waals surface area contributed by atoms with Crippen molar-refractivity contribution in [3.63, 3.8) is 0 Å². The lowest BCUT2D eigenvalue weighted by atomic mass is 10.2. The second kappa shape index (κ2) is 7.42. The number of carbonyl (C=O) groups is 1. The van der Waals surface area contributed by atoms with Crippen LogP contribution >= 0.6 is 23.2 Å². The predicted octanol–water partition coefficient (Wildman–Crippen LogP) is 4.26. The van der Waals surface area contributed by atoms with E-state index in [9.17, 15) is 4.79 Å². The molecule has 0 heterocycles. The van der Waals surface area contributed by atoms with Crippen LogP contribution in [0.2, 0.25) is 10.0 Å². The summed E-state index contributed by atoms with van der Waals surface area (Å²) in [5.74, 6) is 5.89. The van der Waals surface area contributed by atoms with Crippen LogP contribution in [0.4, 0.5) is 4.79 Å². The molecule has 1 rings (SSSR count). The van der Waals surface area contributed by atoms with E-state index in [4.69, 9.17) is 27.9 Å². The Hall–Kier alpha value is -1.37. The molecule has 0 saturated heterocycles. The number of nitrogens with one attached hydrogen (secondary N) is 1. The Morgan fingerprint density at radius 3 is 2.60 bits per heavy atom. The Bertz CT molecular complexity index is 539. The zero-order valence-corrected chi connectivity index (χ0v) is 13.2. The lowest BCUT2D eigenvalue weighted by Crippen LogP contribution is -2.32. The summed E-state index contributed by atoms with van der Waals surface area (Å²) in [5.41, 5.74) is 0.298. The van der Waals surface area contributed by atoms with Gasteiger partial charge in [0.25, 0.3) is 0 Å². The summed E-state index contributed by atoms with van der Waals surface area (Å²) in [7, 11) is 0. The van der Waals surface area contributed by atoms with Crippen molar-refractivity contribution in [3.8, 4) is 11.8 Å². The van der Waals surface area contributed by atoms with Crippen molar-refractivity contribution >= 4 is 29.3 Å². The molecule has 0 bridgehead atoms. The number of hydrogen-bond donors (Lipinski definition) is 1. The minimum atomic E-state index is -0.490. The molecule has 0 spiro atoms. The van der Waals surface area contributed by atoms with Crippen molar-refractivity contribution in [3.05, 3.63) is 33.8 Å². The van der Waals surface area contributed by atoms with Crippen LogP contribution in [0.25, 0.3) is 0 Å². The van der Waals surface area contributed by atoms with Gasteiger partial charge in [-0.2, -0.15) is 0 Å². The minimum Gasteiger partial charge on any atom is -0.444 e. The maximum atomic E-state index is 11.4. The van der Waals surface area contributed by atoms with Crippen molar-refractivity contribution in [1.82, 2.24) is 5.32 Å². The monoisotopic (exact) mass is 313 g/mol. The van der Waals surface area contributed by atoms with Gasteiger partial charge in [0.2, 0.25) is 0 Å². The van der Waals surface area contributed by atoms with E-state index in [0.717, 1.165) is 5.56 Å². The highest BCUT2D eigenvalue weighted by Crippen LogP contribution is 2.21. The summed E-state index contributed by atoms with van der Waals surface area (Å²) in [4.78, 5) is 11.4. The Morgan fingerprint density at radius 2 is 2.00 bits per heavy atom. The van der Waals surface area contributed by atoms with Gasteiger partial charge in [0, 0.05) is 18.5 Å². The zero-order chi connectivity index (χ0) is 15.2. The van der Waals surface area contributed by atoms with E-state index in [1.54, 1.807) is 18.2 Å². The summed E-state index contributed by atoms with van der Waals surface area (Å²) < 4.78 is 5.10. The third kappa shape index (κ3) is 6.70. The third-order valence-corrected chi connectivity index (χ3v) is 2.81. The van der Waals surface area contributed by atoms with Gasteiger partial charge in [-0.05, 0) is 39.0 Å². The number of ether oxygens (including phenoxy) is 1. The fraction of sp³-hybridized carbons (Fsp3) is 0.400. The molecular formula is C15H17Cl2NO2. The summed E-state index contributed by atoms with van der Waals surface area (Å²) >= 11 is 11.7. The Kier molecular flexibility index (Phi) is 6.19. The molecule has 0 aliphatic rings. The Labute approximate surface area is 129 Å². The molecule has 0 radical (unpaired) electrons. The van der Waals surface area contributed by atoms with Crippen LogP contribution in [0, 0.1) is 11.8 Å². The largest absolute Gasteiger partial charge is 0.444 e. The molecule has 0 aliphatic heterocycles. The van der Waals surface area contributed by atoms with Gasteiger partial charge in [0.15, 0.2) is 0 Å². The molecule has 0 atom stereocenters. The number of alkyl carbamates (subject to hydrolysis) is 1. The molecule has 108 valence electrons. The highest BCUT2D eigenvalue weighted by atomic mass is 35.5. The van der Waals surface area contributed by atoms with Crippen LogP contribution in [0.3, 0.4) is 0 Å². The van der Waals surface area contributed by atoms with Crippen molar-refractivity contribution in [2.45, 2.75) is 32.8 Å². The first-order valence-electron chi connectivity index (χ1n) is 6.19. The smallest absolute Gasteiger partial charge is 0.407 e. The normalized spacial score (nSPS) is 10.4. The van der Waals surface area contributed by atoms with Gasteiger partial charge in [-0.15, -0.1) is 0 Å². The van der Waals surface area contributed by atoms with Crippen LogP contribution in [0.5, 0.6) is 0 Å². The summed E-state index contributed by atoms with van der Waals surface area (Å²) in [5, 5.41) is 3.62. The molecule has 1 aromatic carbocycles. The lowest BCUT2D eigenvalue weighted by Gasteiger charge is -2.19. The van der Waals surface area contributed by atoms with Gasteiger partial charge in [-0.25, -0.2) is 4.79 Å². The van der Waals surface area contributed by atoms with Gasteiger partial charge in [0.05, 0.1) is 10.0 Å². The van der Waals surface area contributed by atoms with Crippen molar-refractivity contribution in [2.75, 3.05) is 6.54 Å². The minimum absolute atomic E-state index is 0.434. The first-order chi connectivity index (χ1) is 9.28. The highest BCUT2D eigenvalue weighted by Gasteiger charge is 2.15. The number of halogens is 2. The Balaban J connectivity index is 2.36. The van der Waals surface area contributed by atoms with E-state index in [1.165, 1.54) is 0 Å². The summed E-state index contributed by atoms with van der Waals surface area (Å²) in [6.45, 7) is 5.88. The van der Waals surface area contributed by atoms with Gasteiger partial charge >= 0.3 is 6.09 Å². The zero-order valence-electron chi connectivity index (χ0n) is 11.7. The number of amides is 1. The number of benzene rings is 1. The summed E-state index contributed by atoms with van der Waals surface area (Å²) in [6, 6.07) is 5.20. The van der Waals surface area contributed by atoms with Gasteiger partial charge in [0.1, 0.15) is 5.60 Å². The van der Waals surface area contributed by atoms with E-state index in [0.29, 0.717) is 23.0 Å². The number of rotatable bonds is 2. The molecule has 5 heteroatoms. The average Bonchev–Trinajstić information content (AvgIpc) is 2.31. The van der Waals surface area contributed by atoms with Crippen LogP contribution in [0.1, 0.15) is 32.8 Å². The molecule has 0 saturated carbocycles. The molecule has 0 aromatic heterocycles.